The van der Waals surface area contributed by atoms with Crippen LogP contribution in [0.3, 0.4) is 0 Å². The molecule has 2 aromatic rings. The highest BCUT2D eigenvalue weighted by molar-refractivity contribution is 5.63. The predicted molar refractivity (Wildman–Crippen MR) is 83.6 cm³/mol. The first kappa shape index (κ1) is 14.1. The minimum atomic E-state index is -0.140. The second-order valence-corrected chi connectivity index (χ2v) is 6.34. The summed E-state index contributed by atoms with van der Waals surface area (Å²) in [4.78, 5) is 2.09. The lowest BCUT2D eigenvalue weighted by molar-refractivity contribution is 0.0843. The average molecular weight is 286 g/mol. The van der Waals surface area contributed by atoms with Gasteiger partial charge in [-0.05, 0) is 26.0 Å². The normalized spacial score (nSPS) is 17.1. The number of ether oxygens (including phenoxy) is 1. The van der Waals surface area contributed by atoms with E-state index in [1.165, 1.54) is 0 Å². The van der Waals surface area contributed by atoms with Gasteiger partial charge in [0, 0.05) is 31.8 Å². The molecular weight excluding hydrogens is 264 g/mol. The molecule has 0 bridgehead atoms. The van der Waals surface area contributed by atoms with Gasteiger partial charge in [-0.1, -0.05) is 12.1 Å². The summed E-state index contributed by atoms with van der Waals surface area (Å²) in [5.41, 5.74) is 2.11. The Labute approximate surface area is 125 Å². The lowest BCUT2D eigenvalue weighted by Gasteiger charge is -2.27. The predicted octanol–water partition coefficient (Wildman–Crippen LogP) is 2.32. The van der Waals surface area contributed by atoms with E-state index in [1.807, 2.05) is 14.1 Å². The Morgan fingerprint density at radius 2 is 2.05 bits per heavy atom. The van der Waals surface area contributed by atoms with Crippen LogP contribution in [-0.4, -0.2) is 42.1 Å². The lowest BCUT2D eigenvalue weighted by atomic mass is 10.1. The first-order valence-electron chi connectivity index (χ1n) is 7.29. The number of anilines is 1. The molecule has 0 atom stereocenters. The molecule has 2 heterocycles. The summed E-state index contributed by atoms with van der Waals surface area (Å²) >= 11 is 0. The Balaban J connectivity index is 2.12. The molecular formula is C16H22N4O. The SMILES string of the molecule is CN(C)c1cccc(-c2nnc3n2C(C)(C)COCC3)c1. The van der Waals surface area contributed by atoms with E-state index < -0.39 is 0 Å². The Morgan fingerprint density at radius 3 is 2.81 bits per heavy atom. The fourth-order valence-electron chi connectivity index (χ4n) is 2.77. The van der Waals surface area contributed by atoms with Gasteiger partial charge in [0.05, 0.1) is 18.8 Å². The lowest BCUT2D eigenvalue weighted by Crippen LogP contribution is -2.32. The summed E-state index contributed by atoms with van der Waals surface area (Å²) in [6, 6.07) is 8.40. The van der Waals surface area contributed by atoms with Crippen molar-refractivity contribution in [1.29, 1.82) is 0 Å². The minimum Gasteiger partial charge on any atom is -0.379 e. The van der Waals surface area contributed by atoms with Crippen molar-refractivity contribution < 1.29 is 4.74 Å². The fourth-order valence-corrected chi connectivity index (χ4v) is 2.77. The zero-order valence-corrected chi connectivity index (χ0v) is 13.1. The molecule has 1 aromatic carbocycles. The van der Waals surface area contributed by atoms with Gasteiger partial charge in [-0.25, -0.2) is 0 Å². The van der Waals surface area contributed by atoms with Crippen LogP contribution in [0.25, 0.3) is 11.4 Å². The van der Waals surface area contributed by atoms with Crippen molar-refractivity contribution in [2.24, 2.45) is 0 Å². The van der Waals surface area contributed by atoms with E-state index in [1.54, 1.807) is 0 Å². The van der Waals surface area contributed by atoms with Crippen LogP contribution in [-0.2, 0) is 16.7 Å². The summed E-state index contributed by atoms with van der Waals surface area (Å²) in [6.45, 7) is 5.73. The Morgan fingerprint density at radius 1 is 1.24 bits per heavy atom. The molecule has 3 rings (SSSR count). The second kappa shape index (κ2) is 5.15. The molecule has 0 spiro atoms. The van der Waals surface area contributed by atoms with Gasteiger partial charge >= 0.3 is 0 Å². The van der Waals surface area contributed by atoms with Crippen LogP contribution < -0.4 is 4.90 Å². The van der Waals surface area contributed by atoms with Crippen LogP contribution in [0, 0.1) is 0 Å². The van der Waals surface area contributed by atoms with Crippen molar-refractivity contribution in [2.45, 2.75) is 25.8 Å². The molecule has 0 fully saturated rings. The summed E-state index contributed by atoms with van der Waals surface area (Å²) < 4.78 is 7.94. The van der Waals surface area contributed by atoms with Crippen molar-refractivity contribution in [3.05, 3.63) is 30.1 Å². The molecule has 0 saturated carbocycles. The third-order valence-electron chi connectivity index (χ3n) is 3.88. The molecule has 0 amide bonds. The van der Waals surface area contributed by atoms with Crippen LogP contribution >= 0.6 is 0 Å². The number of hydrogen-bond donors (Lipinski definition) is 0. The van der Waals surface area contributed by atoms with Crippen molar-refractivity contribution in [2.75, 3.05) is 32.2 Å². The van der Waals surface area contributed by atoms with Crippen molar-refractivity contribution >= 4 is 5.69 Å². The molecule has 21 heavy (non-hydrogen) atoms. The summed E-state index contributed by atoms with van der Waals surface area (Å²) in [6.07, 6.45) is 0.809. The number of aromatic nitrogens is 3. The van der Waals surface area contributed by atoms with Gasteiger partial charge in [0.15, 0.2) is 5.82 Å². The van der Waals surface area contributed by atoms with E-state index in [-0.39, 0.29) is 5.54 Å². The van der Waals surface area contributed by atoms with E-state index in [4.69, 9.17) is 4.74 Å². The zero-order valence-electron chi connectivity index (χ0n) is 13.1. The van der Waals surface area contributed by atoms with Crippen molar-refractivity contribution in [1.82, 2.24) is 14.8 Å². The van der Waals surface area contributed by atoms with Gasteiger partial charge in [-0.15, -0.1) is 10.2 Å². The maximum Gasteiger partial charge on any atom is 0.164 e. The molecule has 0 radical (unpaired) electrons. The highest BCUT2D eigenvalue weighted by Crippen LogP contribution is 2.30. The minimum absolute atomic E-state index is 0.140. The Bertz CT molecular complexity index is 645. The van der Waals surface area contributed by atoms with E-state index in [2.05, 4.69) is 57.8 Å². The molecule has 5 heteroatoms. The Hall–Kier alpha value is -1.88. The van der Waals surface area contributed by atoms with Crippen molar-refractivity contribution in [3.63, 3.8) is 0 Å². The third kappa shape index (κ3) is 2.53. The zero-order chi connectivity index (χ0) is 15.0. The number of nitrogens with zero attached hydrogens (tertiary/aromatic N) is 4. The summed E-state index contributed by atoms with van der Waals surface area (Å²) in [5, 5.41) is 8.83. The average Bonchev–Trinajstić information content (AvgIpc) is 2.82. The molecule has 0 aliphatic carbocycles. The number of rotatable bonds is 2. The summed E-state index contributed by atoms with van der Waals surface area (Å²) in [7, 11) is 4.09. The highest BCUT2D eigenvalue weighted by Gasteiger charge is 2.30. The standard InChI is InChI=1S/C16H22N4O/c1-16(2)11-21-9-8-14-17-18-15(20(14)16)12-6-5-7-13(10-12)19(3)4/h5-7,10H,8-9,11H2,1-4H3. The van der Waals surface area contributed by atoms with E-state index in [0.717, 1.165) is 29.3 Å². The van der Waals surface area contributed by atoms with E-state index in [0.29, 0.717) is 13.2 Å². The van der Waals surface area contributed by atoms with Crippen LogP contribution in [0.2, 0.25) is 0 Å². The smallest absolute Gasteiger partial charge is 0.164 e. The van der Waals surface area contributed by atoms with Gasteiger partial charge in [0.25, 0.3) is 0 Å². The molecule has 1 aliphatic heterocycles. The van der Waals surface area contributed by atoms with Crippen LogP contribution in [0.5, 0.6) is 0 Å². The molecule has 0 unspecified atom stereocenters. The van der Waals surface area contributed by atoms with Crippen molar-refractivity contribution in [3.8, 4) is 11.4 Å². The maximum absolute atomic E-state index is 5.71. The number of fused-ring (bicyclic) bond motifs is 1. The van der Waals surface area contributed by atoms with E-state index in [9.17, 15) is 0 Å². The van der Waals surface area contributed by atoms with Gasteiger partial charge in [-0.3, -0.25) is 0 Å². The highest BCUT2D eigenvalue weighted by atomic mass is 16.5. The van der Waals surface area contributed by atoms with Gasteiger partial charge in [0.1, 0.15) is 5.82 Å². The molecule has 1 aromatic heterocycles. The van der Waals surface area contributed by atoms with E-state index >= 15 is 0 Å². The molecule has 0 N–H and O–H groups in total. The second-order valence-electron chi connectivity index (χ2n) is 6.34. The quantitative estimate of drug-likeness (QED) is 0.850. The van der Waals surface area contributed by atoms with Gasteiger partial charge in [-0.2, -0.15) is 0 Å². The topological polar surface area (TPSA) is 43.2 Å². The molecule has 1 aliphatic rings. The largest absolute Gasteiger partial charge is 0.379 e. The number of hydrogen-bond acceptors (Lipinski definition) is 4. The van der Waals surface area contributed by atoms with Gasteiger partial charge in [0.2, 0.25) is 0 Å². The molecule has 112 valence electrons. The molecule has 0 saturated heterocycles. The Kier molecular flexibility index (Phi) is 3.45. The first-order valence-corrected chi connectivity index (χ1v) is 7.29. The summed E-state index contributed by atoms with van der Waals surface area (Å²) in [5.74, 6) is 1.92. The van der Waals surface area contributed by atoms with Crippen LogP contribution in [0.15, 0.2) is 24.3 Å². The fraction of sp³-hybridized carbons (Fsp3) is 0.500. The number of benzene rings is 1. The maximum atomic E-state index is 5.71. The van der Waals surface area contributed by atoms with Gasteiger partial charge < -0.3 is 14.2 Å². The third-order valence-corrected chi connectivity index (χ3v) is 3.88. The monoisotopic (exact) mass is 286 g/mol. The first-order chi connectivity index (χ1) is 9.99. The van der Waals surface area contributed by atoms with Crippen LogP contribution in [0.1, 0.15) is 19.7 Å². The molecule has 5 nitrogen and oxygen atoms in total. The van der Waals surface area contributed by atoms with Crippen LogP contribution in [0.4, 0.5) is 5.69 Å².